The van der Waals surface area contributed by atoms with Gasteiger partial charge in [0, 0.05) is 0 Å². The molecule has 7 nitrogen and oxygen atoms in total. The fourth-order valence-electron chi connectivity index (χ4n) is 3.06. The number of rotatable bonds is 5. The Morgan fingerprint density at radius 3 is 2.23 bits per heavy atom. The largest absolute Gasteiger partial charge is 0.508 e. The number of urea groups is 1. The number of anilines is 1. The van der Waals surface area contributed by atoms with E-state index in [1.54, 1.807) is 24.3 Å². The van der Waals surface area contributed by atoms with E-state index in [4.69, 9.17) is 4.74 Å². The summed E-state index contributed by atoms with van der Waals surface area (Å²) in [6.45, 7) is 0.422. The molecule has 2 N–H and O–H groups in total. The SMILES string of the molecule is O=C1NC(=O)N(c2ccc(O)cc2)C(=O)/C1=C/c1ccc(OCc2ccccc2)cc1. The number of benzene rings is 3. The van der Waals surface area contributed by atoms with Gasteiger partial charge in [-0.15, -0.1) is 0 Å². The topological polar surface area (TPSA) is 95.9 Å². The summed E-state index contributed by atoms with van der Waals surface area (Å²) in [7, 11) is 0. The Balaban J connectivity index is 1.52. The molecule has 0 saturated carbocycles. The van der Waals surface area contributed by atoms with Crippen LogP contribution in [0.1, 0.15) is 11.1 Å². The number of imide groups is 2. The van der Waals surface area contributed by atoms with Gasteiger partial charge in [-0.3, -0.25) is 14.9 Å². The van der Waals surface area contributed by atoms with Gasteiger partial charge < -0.3 is 9.84 Å². The van der Waals surface area contributed by atoms with E-state index in [1.165, 1.54) is 30.3 Å². The van der Waals surface area contributed by atoms with Crippen molar-refractivity contribution in [3.8, 4) is 11.5 Å². The highest BCUT2D eigenvalue weighted by Crippen LogP contribution is 2.24. The number of barbiturate groups is 1. The van der Waals surface area contributed by atoms with Crippen molar-refractivity contribution in [2.45, 2.75) is 6.61 Å². The van der Waals surface area contributed by atoms with E-state index in [9.17, 15) is 19.5 Å². The second kappa shape index (κ2) is 8.54. The third-order valence-corrected chi connectivity index (χ3v) is 4.65. The van der Waals surface area contributed by atoms with Gasteiger partial charge in [0.2, 0.25) is 0 Å². The minimum Gasteiger partial charge on any atom is -0.508 e. The van der Waals surface area contributed by atoms with Crippen LogP contribution in [0.15, 0.2) is 84.4 Å². The first-order chi connectivity index (χ1) is 15.0. The summed E-state index contributed by atoms with van der Waals surface area (Å²) >= 11 is 0. The molecule has 1 heterocycles. The van der Waals surface area contributed by atoms with E-state index in [1.807, 2.05) is 30.3 Å². The fraction of sp³-hybridized carbons (Fsp3) is 0.0417. The van der Waals surface area contributed by atoms with Gasteiger partial charge in [0.25, 0.3) is 11.8 Å². The summed E-state index contributed by atoms with van der Waals surface area (Å²) in [5.41, 5.74) is 1.71. The van der Waals surface area contributed by atoms with E-state index in [0.29, 0.717) is 17.9 Å². The second-order valence-corrected chi connectivity index (χ2v) is 6.82. The summed E-state index contributed by atoms with van der Waals surface area (Å²) in [5, 5.41) is 11.6. The maximum Gasteiger partial charge on any atom is 0.335 e. The third kappa shape index (κ3) is 4.45. The predicted molar refractivity (Wildman–Crippen MR) is 114 cm³/mol. The first kappa shape index (κ1) is 19.9. The monoisotopic (exact) mass is 414 g/mol. The molecule has 0 spiro atoms. The normalized spacial score (nSPS) is 15.2. The number of aromatic hydroxyl groups is 1. The maximum atomic E-state index is 12.9. The molecular formula is C24H18N2O5. The number of phenolic OH excluding ortho intramolecular Hbond substituents is 1. The third-order valence-electron chi connectivity index (χ3n) is 4.65. The molecule has 0 radical (unpaired) electrons. The standard InChI is InChI=1S/C24H18N2O5/c27-19-10-8-18(9-11-19)26-23(29)21(22(28)25-24(26)30)14-16-6-12-20(13-7-16)31-15-17-4-2-1-3-5-17/h1-14,27H,15H2,(H,25,28,30)/b21-14+. The van der Waals surface area contributed by atoms with Crippen molar-refractivity contribution < 1.29 is 24.2 Å². The molecule has 0 unspecified atom stereocenters. The molecule has 4 rings (SSSR count). The van der Waals surface area contributed by atoms with Crippen LogP contribution in [0.3, 0.4) is 0 Å². The zero-order valence-electron chi connectivity index (χ0n) is 16.3. The fourth-order valence-corrected chi connectivity index (χ4v) is 3.06. The average molecular weight is 414 g/mol. The molecule has 1 aliphatic heterocycles. The molecule has 3 aromatic rings. The van der Waals surface area contributed by atoms with E-state index in [2.05, 4.69) is 5.32 Å². The number of amides is 4. The highest BCUT2D eigenvalue weighted by molar-refractivity contribution is 6.39. The minimum absolute atomic E-state index is 0.00460. The van der Waals surface area contributed by atoms with E-state index >= 15 is 0 Å². The first-order valence-corrected chi connectivity index (χ1v) is 9.48. The van der Waals surface area contributed by atoms with Gasteiger partial charge in [0.05, 0.1) is 5.69 Å². The summed E-state index contributed by atoms with van der Waals surface area (Å²) in [6.07, 6.45) is 1.42. The summed E-state index contributed by atoms with van der Waals surface area (Å²) < 4.78 is 5.74. The zero-order chi connectivity index (χ0) is 21.8. The summed E-state index contributed by atoms with van der Waals surface area (Å²) in [4.78, 5) is 38.2. The van der Waals surface area contributed by atoms with Gasteiger partial charge in [-0.05, 0) is 53.6 Å². The van der Waals surface area contributed by atoms with E-state index in [-0.39, 0.29) is 17.0 Å². The van der Waals surface area contributed by atoms with Crippen LogP contribution in [0.25, 0.3) is 6.08 Å². The second-order valence-electron chi connectivity index (χ2n) is 6.82. The number of carbonyl (C=O) groups excluding carboxylic acids is 3. The van der Waals surface area contributed by atoms with Crippen LogP contribution >= 0.6 is 0 Å². The molecule has 0 aromatic heterocycles. The zero-order valence-corrected chi connectivity index (χ0v) is 16.3. The summed E-state index contributed by atoms with van der Waals surface area (Å²) in [5.74, 6) is -0.875. The minimum atomic E-state index is -0.845. The molecule has 7 heteroatoms. The van der Waals surface area contributed by atoms with Crippen LogP contribution in [-0.4, -0.2) is 23.0 Å². The molecular weight excluding hydrogens is 396 g/mol. The number of carbonyl (C=O) groups is 3. The smallest absolute Gasteiger partial charge is 0.335 e. The van der Waals surface area contributed by atoms with Crippen LogP contribution in [0, 0.1) is 0 Å². The lowest BCUT2D eigenvalue weighted by molar-refractivity contribution is -0.122. The molecule has 1 aliphatic rings. The van der Waals surface area contributed by atoms with Crippen LogP contribution in [0.2, 0.25) is 0 Å². The van der Waals surface area contributed by atoms with Crippen molar-refractivity contribution in [2.24, 2.45) is 0 Å². The van der Waals surface area contributed by atoms with Crippen LogP contribution in [0.4, 0.5) is 10.5 Å². The van der Waals surface area contributed by atoms with Gasteiger partial charge in [0.15, 0.2) is 0 Å². The van der Waals surface area contributed by atoms with E-state index < -0.39 is 17.8 Å². The van der Waals surface area contributed by atoms with Crippen molar-refractivity contribution in [1.82, 2.24) is 5.32 Å². The highest BCUT2D eigenvalue weighted by Gasteiger charge is 2.36. The van der Waals surface area contributed by atoms with Crippen LogP contribution in [0.5, 0.6) is 11.5 Å². The quantitative estimate of drug-likeness (QED) is 0.491. The Kier molecular flexibility index (Phi) is 5.49. The molecule has 0 atom stereocenters. The van der Waals surface area contributed by atoms with Gasteiger partial charge in [-0.25, -0.2) is 9.69 Å². The average Bonchev–Trinajstić information content (AvgIpc) is 2.78. The molecule has 4 amide bonds. The van der Waals surface area contributed by atoms with Crippen molar-refractivity contribution in [1.29, 1.82) is 0 Å². The van der Waals surface area contributed by atoms with Crippen molar-refractivity contribution in [3.63, 3.8) is 0 Å². The molecule has 3 aromatic carbocycles. The molecule has 0 aliphatic carbocycles. The Hall–Kier alpha value is -4.39. The van der Waals surface area contributed by atoms with Crippen molar-refractivity contribution in [3.05, 3.63) is 95.6 Å². The van der Waals surface area contributed by atoms with Crippen LogP contribution in [-0.2, 0) is 16.2 Å². The highest BCUT2D eigenvalue weighted by atomic mass is 16.5. The lowest BCUT2D eigenvalue weighted by atomic mass is 10.1. The Morgan fingerprint density at radius 1 is 0.871 bits per heavy atom. The molecule has 1 saturated heterocycles. The molecule has 0 bridgehead atoms. The van der Waals surface area contributed by atoms with Gasteiger partial charge >= 0.3 is 6.03 Å². The Labute approximate surface area is 178 Å². The Bertz CT molecular complexity index is 1150. The summed E-state index contributed by atoms with van der Waals surface area (Å²) in [6, 6.07) is 21.3. The molecule has 154 valence electrons. The number of hydrogen-bond donors (Lipinski definition) is 2. The predicted octanol–water partition coefficient (Wildman–Crippen LogP) is 3.64. The van der Waals surface area contributed by atoms with Gasteiger partial charge in [0.1, 0.15) is 23.7 Å². The van der Waals surface area contributed by atoms with Crippen molar-refractivity contribution >= 4 is 29.6 Å². The van der Waals surface area contributed by atoms with Gasteiger partial charge in [-0.1, -0.05) is 42.5 Å². The number of nitrogens with one attached hydrogen (secondary N) is 1. The number of ether oxygens (including phenoxy) is 1. The number of nitrogens with zero attached hydrogens (tertiary/aromatic N) is 1. The maximum absolute atomic E-state index is 12.9. The molecule has 31 heavy (non-hydrogen) atoms. The first-order valence-electron chi connectivity index (χ1n) is 9.48. The van der Waals surface area contributed by atoms with E-state index in [0.717, 1.165) is 10.5 Å². The number of phenols is 1. The lowest BCUT2D eigenvalue weighted by Crippen LogP contribution is -2.54. The lowest BCUT2D eigenvalue weighted by Gasteiger charge is -2.26. The van der Waals surface area contributed by atoms with Gasteiger partial charge in [-0.2, -0.15) is 0 Å². The number of hydrogen-bond acceptors (Lipinski definition) is 5. The van der Waals surface area contributed by atoms with Crippen molar-refractivity contribution in [2.75, 3.05) is 4.90 Å². The van der Waals surface area contributed by atoms with Crippen LogP contribution < -0.4 is 15.0 Å². The Morgan fingerprint density at radius 2 is 1.55 bits per heavy atom. The molecule has 1 fully saturated rings.